The van der Waals surface area contributed by atoms with Gasteiger partial charge in [-0.15, -0.1) is 0 Å². The summed E-state index contributed by atoms with van der Waals surface area (Å²) < 4.78 is 5.34. The molecule has 2 aliphatic carbocycles. The fourth-order valence-corrected chi connectivity index (χ4v) is 2.97. The predicted molar refractivity (Wildman–Crippen MR) is 73.8 cm³/mol. The van der Waals surface area contributed by atoms with Crippen molar-refractivity contribution in [3.8, 4) is 0 Å². The lowest BCUT2D eigenvalue weighted by atomic mass is 9.91. The molecule has 0 radical (unpaired) electrons. The Labute approximate surface area is 114 Å². The number of ether oxygens (including phenoxy) is 1. The van der Waals surface area contributed by atoms with Gasteiger partial charge in [0.15, 0.2) is 0 Å². The molecule has 1 aromatic rings. The first-order chi connectivity index (χ1) is 9.26. The minimum absolute atomic E-state index is 0.111. The van der Waals surface area contributed by atoms with Crippen molar-refractivity contribution in [2.24, 2.45) is 5.92 Å². The number of hydrogen-bond donors (Lipinski definition) is 1. The van der Waals surface area contributed by atoms with E-state index in [1.807, 2.05) is 19.1 Å². The van der Waals surface area contributed by atoms with Crippen LogP contribution in [-0.2, 0) is 21.5 Å². The van der Waals surface area contributed by atoms with E-state index in [9.17, 15) is 4.79 Å². The first kappa shape index (κ1) is 12.7. The Kier molecular flexibility index (Phi) is 3.31. The van der Waals surface area contributed by atoms with E-state index in [-0.39, 0.29) is 5.97 Å². The third kappa shape index (κ3) is 2.27. The quantitative estimate of drug-likeness (QED) is 0.825. The molecule has 3 rings (SSSR count). The third-order valence-corrected chi connectivity index (χ3v) is 4.26. The molecule has 0 aliphatic heterocycles. The van der Waals surface area contributed by atoms with Crippen molar-refractivity contribution in [2.75, 3.05) is 13.2 Å². The predicted octanol–water partition coefficient (Wildman–Crippen LogP) is 2.39. The Balaban J connectivity index is 1.90. The van der Waals surface area contributed by atoms with Crippen LogP contribution in [0.3, 0.4) is 0 Å². The molecule has 102 valence electrons. The number of aryl methyl sites for hydroxylation is 1. The van der Waals surface area contributed by atoms with E-state index in [1.165, 1.54) is 18.4 Å². The first-order valence-electron chi connectivity index (χ1n) is 7.27. The molecule has 0 amide bonds. The van der Waals surface area contributed by atoms with Crippen LogP contribution in [0.1, 0.15) is 37.3 Å². The molecule has 0 heterocycles. The van der Waals surface area contributed by atoms with Gasteiger partial charge >= 0.3 is 5.97 Å². The standard InChI is InChI=1S/C16H21NO2/c1-2-19-15(18)16(17-11-12-7-8-12)10-9-13-5-3-4-6-14(13)16/h3-6,12,17H,2,7-11H2,1H3. The number of rotatable bonds is 5. The van der Waals surface area contributed by atoms with Crippen LogP contribution in [0, 0.1) is 5.92 Å². The summed E-state index contributed by atoms with van der Waals surface area (Å²) in [4.78, 5) is 12.5. The normalized spacial score (nSPS) is 25.1. The Morgan fingerprint density at radius 1 is 1.42 bits per heavy atom. The van der Waals surface area contributed by atoms with Gasteiger partial charge in [0, 0.05) is 0 Å². The van der Waals surface area contributed by atoms with Crippen molar-refractivity contribution in [1.82, 2.24) is 5.32 Å². The van der Waals surface area contributed by atoms with Crippen LogP contribution < -0.4 is 5.32 Å². The lowest BCUT2D eigenvalue weighted by molar-refractivity contribution is -0.151. The van der Waals surface area contributed by atoms with Gasteiger partial charge in [0.1, 0.15) is 5.54 Å². The Bertz CT molecular complexity index is 481. The molecule has 1 unspecified atom stereocenters. The zero-order chi connectivity index (χ0) is 13.3. The molecule has 3 nitrogen and oxygen atoms in total. The number of carbonyl (C=O) groups excluding carboxylic acids is 1. The summed E-state index contributed by atoms with van der Waals surface area (Å²) in [5, 5.41) is 3.52. The van der Waals surface area contributed by atoms with Crippen molar-refractivity contribution in [2.45, 2.75) is 38.1 Å². The molecule has 0 bridgehead atoms. The molecule has 0 saturated heterocycles. The van der Waals surface area contributed by atoms with Gasteiger partial charge in [-0.25, -0.2) is 4.79 Å². The van der Waals surface area contributed by atoms with E-state index in [2.05, 4.69) is 17.4 Å². The van der Waals surface area contributed by atoms with Gasteiger partial charge in [0.2, 0.25) is 0 Å². The average Bonchev–Trinajstić information content (AvgIpc) is 3.18. The van der Waals surface area contributed by atoms with Gasteiger partial charge in [0.25, 0.3) is 0 Å². The highest BCUT2D eigenvalue weighted by atomic mass is 16.5. The number of esters is 1. The summed E-state index contributed by atoms with van der Waals surface area (Å²) in [6.07, 6.45) is 4.34. The van der Waals surface area contributed by atoms with Crippen LogP contribution in [0.5, 0.6) is 0 Å². The maximum atomic E-state index is 12.5. The Hall–Kier alpha value is -1.35. The minimum Gasteiger partial charge on any atom is -0.464 e. The van der Waals surface area contributed by atoms with Crippen LogP contribution >= 0.6 is 0 Å². The van der Waals surface area contributed by atoms with Crippen LogP contribution in [0.4, 0.5) is 0 Å². The van der Waals surface area contributed by atoms with E-state index in [4.69, 9.17) is 4.74 Å². The van der Waals surface area contributed by atoms with Crippen molar-refractivity contribution < 1.29 is 9.53 Å². The van der Waals surface area contributed by atoms with Crippen molar-refractivity contribution in [3.63, 3.8) is 0 Å². The monoisotopic (exact) mass is 259 g/mol. The molecular formula is C16H21NO2. The first-order valence-corrected chi connectivity index (χ1v) is 7.27. The summed E-state index contributed by atoms with van der Waals surface area (Å²) in [5.74, 6) is 0.639. The highest BCUT2D eigenvalue weighted by Gasteiger charge is 2.46. The molecule has 0 spiro atoms. The molecule has 3 heteroatoms. The number of fused-ring (bicyclic) bond motifs is 1. The highest BCUT2D eigenvalue weighted by Crippen LogP contribution is 2.39. The van der Waals surface area contributed by atoms with Gasteiger partial charge in [-0.05, 0) is 56.2 Å². The topological polar surface area (TPSA) is 38.3 Å². The van der Waals surface area contributed by atoms with Crippen LogP contribution in [0.25, 0.3) is 0 Å². The maximum absolute atomic E-state index is 12.5. The van der Waals surface area contributed by atoms with Crippen molar-refractivity contribution >= 4 is 5.97 Å². The van der Waals surface area contributed by atoms with Crippen LogP contribution in [0.15, 0.2) is 24.3 Å². The second-order valence-corrected chi connectivity index (χ2v) is 5.61. The average molecular weight is 259 g/mol. The van der Waals surface area contributed by atoms with Gasteiger partial charge in [-0.3, -0.25) is 5.32 Å². The molecule has 19 heavy (non-hydrogen) atoms. The fourth-order valence-electron chi connectivity index (χ4n) is 2.97. The lowest BCUT2D eigenvalue weighted by Gasteiger charge is -2.29. The molecule has 2 aliphatic rings. The second-order valence-electron chi connectivity index (χ2n) is 5.61. The molecule has 1 aromatic carbocycles. The van der Waals surface area contributed by atoms with E-state index in [0.717, 1.165) is 30.9 Å². The summed E-state index contributed by atoms with van der Waals surface area (Å²) in [6, 6.07) is 8.24. The van der Waals surface area contributed by atoms with Gasteiger partial charge < -0.3 is 4.74 Å². The summed E-state index contributed by atoms with van der Waals surface area (Å²) in [6.45, 7) is 3.23. The van der Waals surface area contributed by atoms with E-state index < -0.39 is 5.54 Å². The molecule has 1 atom stereocenters. The largest absolute Gasteiger partial charge is 0.464 e. The number of carbonyl (C=O) groups is 1. The third-order valence-electron chi connectivity index (χ3n) is 4.26. The summed E-state index contributed by atoms with van der Waals surface area (Å²) in [7, 11) is 0. The van der Waals surface area contributed by atoms with E-state index in [0.29, 0.717) is 6.61 Å². The van der Waals surface area contributed by atoms with Crippen molar-refractivity contribution in [3.05, 3.63) is 35.4 Å². The minimum atomic E-state index is -0.602. The molecule has 0 aromatic heterocycles. The SMILES string of the molecule is CCOC(=O)C1(NCC2CC2)CCc2ccccc21. The number of benzene rings is 1. The van der Waals surface area contributed by atoms with E-state index >= 15 is 0 Å². The Morgan fingerprint density at radius 2 is 2.21 bits per heavy atom. The molecule has 1 N–H and O–H groups in total. The number of nitrogens with one attached hydrogen (secondary N) is 1. The van der Waals surface area contributed by atoms with E-state index in [1.54, 1.807) is 0 Å². The van der Waals surface area contributed by atoms with Crippen LogP contribution in [-0.4, -0.2) is 19.1 Å². The smallest absolute Gasteiger partial charge is 0.331 e. The molecule has 1 fully saturated rings. The van der Waals surface area contributed by atoms with Crippen LogP contribution in [0.2, 0.25) is 0 Å². The summed E-state index contributed by atoms with van der Waals surface area (Å²) >= 11 is 0. The lowest BCUT2D eigenvalue weighted by Crippen LogP contribution is -2.49. The molecular weight excluding hydrogens is 238 g/mol. The Morgan fingerprint density at radius 3 is 2.95 bits per heavy atom. The zero-order valence-corrected chi connectivity index (χ0v) is 11.4. The molecule has 1 saturated carbocycles. The van der Waals surface area contributed by atoms with Gasteiger partial charge in [0.05, 0.1) is 6.61 Å². The van der Waals surface area contributed by atoms with Gasteiger partial charge in [-0.1, -0.05) is 24.3 Å². The van der Waals surface area contributed by atoms with Crippen molar-refractivity contribution in [1.29, 1.82) is 0 Å². The summed E-state index contributed by atoms with van der Waals surface area (Å²) in [5.41, 5.74) is 1.79. The fraction of sp³-hybridized carbons (Fsp3) is 0.562. The second kappa shape index (κ2) is 4.97. The maximum Gasteiger partial charge on any atom is 0.331 e. The zero-order valence-electron chi connectivity index (χ0n) is 11.4. The van der Waals surface area contributed by atoms with Gasteiger partial charge in [-0.2, -0.15) is 0 Å². The highest BCUT2D eigenvalue weighted by molar-refractivity contribution is 5.84. The number of hydrogen-bond acceptors (Lipinski definition) is 3.